The third-order valence-electron chi connectivity index (χ3n) is 4.49. The van der Waals surface area contributed by atoms with Crippen LogP contribution in [0.1, 0.15) is 24.0 Å². The molecule has 1 saturated carbocycles. The van der Waals surface area contributed by atoms with Gasteiger partial charge in [0.25, 0.3) is 0 Å². The van der Waals surface area contributed by atoms with E-state index >= 15 is 0 Å². The molecular weight excluding hydrogens is 284 g/mol. The van der Waals surface area contributed by atoms with Gasteiger partial charge in [-0.3, -0.25) is 9.98 Å². The van der Waals surface area contributed by atoms with E-state index < -0.39 is 0 Å². The van der Waals surface area contributed by atoms with Gasteiger partial charge in [0.15, 0.2) is 5.96 Å². The maximum atomic E-state index is 4.32. The van der Waals surface area contributed by atoms with Gasteiger partial charge in [-0.15, -0.1) is 0 Å². The lowest BCUT2D eigenvalue weighted by atomic mass is 9.96. The molecule has 0 aliphatic heterocycles. The lowest BCUT2D eigenvalue weighted by Crippen LogP contribution is -2.41. The van der Waals surface area contributed by atoms with Gasteiger partial charge in [0.2, 0.25) is 0 Å². The summed E-state index contributed by atoms with van der Waals surface area (Å²) in [6.07, 6.45) is 7.15. The van der Waals surface area contributed by atoms with Crippen molar-refractivity contribution in [3.05, 3.63) is 66.0 Å². The van der Waals surface area contributed by atoms with Crippen LogP contribution in [0.4, 0.5) is 0 Å². The molecule has 0 amide bonds. The molecule has 0 saturated heterocycles. The van der Waals surface area contributed by atoms with Crippen LogP contribution in [-0.4, -0.2) is 31.1 Å². The molecule has 3 rings (SSSR count). The van der Waals surface area contributed by atoms with Gasteiger partial charge in [0.1, 0.15) is 0 Å². The Bertz CT molecular complexity index is 633. The van der Waals surface area contributed by atoms with Crippen LogP contribution in [0.25, 0.3) is 0 Å². The van der Waals surface area contributed by atoms with Crippen LogP contribution >= 0.6 is 0 Å². The van der Waals surface area contributed by atoms with E-state index in [0.717, 1.165) is 25.5 Å². The van der Waals surface area contributed by atoms with Crippen LogP contribution in [0, 0.1) is 0 Å². The highest BCUT2D eigenvalue weighted by molar-refractivity contribution is 5.79. The molecule has 4 heteroatoms. The summed E-state index contributed by atoms with van der Waals surface area (Å²) in [4.78, 5) is 8.46. The molecule has 0 radical (unpaired) electrons. The van der Waals surface area contributed by atoms with Gasteiger partial charge < -0.3 is 10.6 Å². The maximum absolute atomic E-state index is 4.32. The van der Waals surface area contributed by atoms with E-state index in [0.29, 0.717) is 5.41 Å². The van der Waals surface area contributed by atoms with E-state index in [-0.39, 0.29) is 0 Å². The van der Waals surface area contributed by atoms with Gasteiger partial charge in [-0.05, 0) is 36.5 Å². The third kappa shape index (κ3) is 4.09. The maximum Gasteiger partial charge on any atom is 0.191 e. The van der Waals surface area contributed by atoms with Crippen molar-refractivity contribution in [2.24, 2.45) is 4.99 Å². The number of aliphatic imine (C=N–C) groups is 1. The minimum atomic E-state index is 0.294. The summed E-state index contributed by atoms with van der Waals surface area (Å²) < 4.78 is 0. The van der Waals surface area contributed by atoms with Gasteiger partial charge in [-0.25, -0.2) is 0 Å². The Balaban J connectivity index is 1.47. The highest BCUT2D eigenvalue weighted by Gasteiger charge is 2.43. The first kappa shape index (κ1) is 15.5. The Morgan fingerprint density at radius 3 is 2.61 bits per heavy atom. The first-order chi connectivity index (χ1) is 11.3. The first-order valence-corrected chi connectivity index (χ1v) is 8.21. The predicted octanol–water partition coefficient (Wildman–Crippen LogP) is 2.52. The van der Waals surface area contributed by atoms with E-state index in [1.54, 1.807) is 6.20 Å². The monoisotopic (exact) mass is 308 g/mol. The fraction of sp³-hybridized carbons (Fsp3) is 0.368. The molecule has 0 spiro atoms. The van der Waals surface area contributed by atoms with Crippen molar-refractivity contribution >= 4 is 5.96 Å². The second-order valence-corrected chi connectivity index (χ2v) is 6.11. The summed E-state index contributed by atoms with van der Waals surface area (Å²) in [7, 11) is 1.82. The summed E-state index contributed by atoms with van der Waals surface area (Å²) in [5.41, 5.74) is 2.96. The van der Waals surface area contributed by atoms with Gasteiger partial charge in [-0.2, -0.15) is 0 Å². The van der Waals surface area contributed by atoms with E-state index in [9.17, 15) is 0 Å². The Morgan fingerprint density at radius 2 is 1.96 bits per heavy atom. The quantitative estimate of drug-likeness (QED) is 0.637. The summed E-state index contributed by atoms with van der Waals surface area (Å²) in [6, 6.07) is 14.8. The minimum Gasteiger partial charge on any atom is -0.356 e. The molecule has 4 nitrogen and oxygen atoms in total. The molecule has 1 aromatic heterocycles. The van der Waals surface area contributed by atoms with E-state index in [4.69, 9.17) is 0 Å². The second kappa shape index (κ2) is 7.27. The molecule has 0 bridgehead atoms. The fourth-order valence-electron chi connectivity index (χ4n) is 2.85. The van der Waals surface area contributed by atoms with E-state index in [1.807, 2.05) is 19.3 Å². The molecule has 0 unspecified atom stereocenters. The van der Waals surface area contributed by atoms with Crippen LogP contribution in [0.3, 0.4) is 0 Å². The number of nitrogens with one attached hydrogen (secondary N) is 2. The van der Waals surface area contributed by atoms with Gasteiger partial charge in [0.05, 0.1) is 0 Å². The van der Waals surface area contributed by atoms with E-state index in [2.05, 4.69) is 57.0 Å². The smallest absolute Gasteiger partial charge is 0.191 e. The average molecular weight is 308 g/mol. The van der Waals surface area contributed by atoms with Gasteiger partial charge in [-0.1, -0.05) is 36.4 Å². The summed E-state index contributed by atoms with van der Waals surface area (Å²) in [6.45, 7) is 1.79. The fourth-order valence-corrected chi connectivity index (χ4v) is 2.85. The summed E-state index contributed by atoms with van der Waals surface area (Å²) in [5.74, 6) is 0.871. The standard InChI is InChI=1S/C19H24N4/c1-20-18(22-13-9-16-6-5-12-21-14-16)23-15-19(10-11-19)17-7-3-2-4-8-17/h2-8,12,14H,9-11,13,15H2,1H3,(H2,20,22,23). The number of hydrogen-bond acceptors (Lipinski definition) is 2. The number of hydrogen-bond donors (Lipinski definition) is 2. The zero-order valence-corrected chi connectivity index (χ0v) is 13.6. The minimum absolute atomic E-state index is 0.294. The second-order valence-electron chi connectivity index (χ2n) is 6.11. The number of nitrogens with zero attached hydrogens (tertiary/aromatic N) is 2. The Morgan fingerprint density at radius 1 is 1.13 bits per heavy atom. The normalized spacial score (nSPS) is 16.0. The number of benzene rings is 1. The molecule has 0 atom stereocenters. The molecule has 2 N–H and O–H groups in total. The van der Waals surface area contributed by atoms with Crippen molar-refractivity contribution in [1.29, 1.82) is 0 Å². The molecule has 1 fully saturated rings. The van der Waals surface area contributed by atoms with Crippen molar-refractivity contribution in [2.75, 3.05) is 20.1 Å². The molecular formula is C19H24N4. The molecule has 1 heterocycles. The summed E-state index contributed by atoms with van der Waals surface area (Å²) in [5, 5.41) is 6.86. The predicted molar refractivity (Wildman–Crippen MR) is 94.7 cm³/mol. The third-order valence-corrected chi connectivity index (χ3v) is 4.49. The zero-order chi connectivity index (χ0) is 16.0. The summed E-state index contributed by atoms with van der Waals surface area (Å²) >= 11 is 0. The lowest BCUT2D eigenvalue weighted by molar-refractivity contribution is 0.645. The van der Waals surface area contributed by atoms with E-state index in [1.165, 1.54) is 24.0 Å². The Kier molecular flexibility index (Phi) is 4.91. The molecule has 1 aliphatic carbocycles. The number of guanidine groups is 1. The number of rotatable bonds is 6. The largest absolute Gasteiger partial charge is 0.356 e. The Labute approximate surface area is 138 Å². The molecule has 23 heavy (non-hydrogen) atoms. The van der Waals surface area contributed by atoms with Crippen LogP contribution in [0.5, 0.6) is 0 Å². The molecule has 1 aromatic carbocycles. The number of aromatic nitrogens is 1. The molecule has 120 valence electrons. The van der Waals surface area contributed by atoms with Crippen LogP contribution < -0.4 is 10.6 Å². The molecule has 2 aromatic rings. The zero-order valence-electron chi connectivity index (χ0n) is 13.6. The van der Waals surface area contributed by atoms with Crippen molar-refractivity contribution < 1.29 is 0 Å². The van der Waals surface area contributed by atoms with Crippen molar-refractivity contribution in [2.45, 2.75) is 24.7 Å². The number of pyridine rings is 1. The molecule has 1 aliphatic rings. The highest BCUT2D eigenvalue weighted by Crippen LogP contribution is 2.47. The average Bonchev–Trinajstić information content (AvgIpc) is 3.41. The van der Waals surface area contributed by atoms with Crippen molar-refractivity contribution in [3.8, 4) is 0 Å². The lowest BCUT2D eigenvalue weighted by Gasteiger charge is -2.19. The topological polar surface area (TPSA) is 49.3 Å². The van der Waals surface area contributed by atoms with Gasteiger partial charge in [0, 0.05) is 37.9 Å². The highest BCUT2D eigenvalue weighted by atomic mass is 15.2. The SMILES string of the molecule is CN=C(NCCc1cccnc1)NCC1(c2ccccc2)CC1. The van der Waals surface area contributed by atoms with Crippen molar-refractivity contribution in [1.82, 2.24) is 15.6 Å². The Hall–Kier alpha value is -2.36. The van der Waals surface area contributed by atoms with Crippen LogP contribution in [0.15, 0.2) is 59.9 Å². The van der Waals surface area contributed by atoms with Crippen LogP contribution in [0.2, 0.25) is 0 Å². The van der Waals surface area contributed by atoms with Gasteiger partial charge >= 0.3 is 0 Å². The first-order valence-electron chi connectivity index (χ1n) is 8.21. The van der Waals surface area contributed by atoms with Crippen molar-refractivity contribution in [3.63, 3.8) is 0 Å². The van der Waals surface area contributed by atoms with Crippen LogP contribution in [-0.2, 0) is 11.8 Å².